The zero-order chi connectivity index (χ0) is 24.0. The van der Waals surface area contributed by atoms with Crippen molar-refractivity contribution >= 4 is 34.4 Å². The molecule has 8 heteroatoms. The number of nitro groups is 1. The molecule has 0 saturated carbocycles. The monoisotopic (exact) mass is 438 g/mol. The maximum atomic E-state index is 11.6. The van der Waals surface area contributed by atoms with Crippen LogP contribution in [0, 0.1) is 10.1 Å². The Labute approximate surface area is 187 Å². The summed E-state index contributed by atoms with van der Waals surface area (Å²) >= 11 is 0. The minimum Gasteiger partial charge on any atom is -0.399 e. The number of nitrogens with zero attached hydrogens (tertiary/aromatic N) is 2. The molecule has 32 heavy (non-hydrogen) atoms. The number of Topliss-reactive ketones (excluding diaryl/α,β-unsaturated/α-hetero) is 1. The summed E-state index contributed by atoms with van der Waals surface area (Å²) in [5, 5.41) is 13.8. The second-order valence-electron chi connectivity index (χ2n) is 9.66. The van der Waals surface area contributed by atoms with Gasteiger partial charge in [-0.2, -0.15) is 0 Å². The minimum atomic E-state index is -0.434. The van der Waals surface area contributed by atoms with Gasteiger partial charge in [0.15, 0.2) is 5.78 Å². The Morgan fingerprint density at radius 3 is 2.28 bits per heavy atom. The molecule has 1 atom stereocenters. The number of nitrogens with one attached hydrogen (secondary N) is 1. The molecular formula is C24H30N4O4. The largest absolute Gasteiger partial charge is 0.399 e. The summed E-state index contributed by atoms with van der Waals surface area (Å²) in [4.78, 5) is 35.1. The molecule has 1 unspecified atom stereocenters. The zero-order valence-corrected chi connectivity index (χ0v) is 19.4. The molecule has 0 bridgehead atoms. The Bertz CT molecular complexity index is 1110. The van der Waals surface area contributed by atoms with Crippen LogP contribution in [0.2, 0.25) is 0 Å². The van der Waals surface area contributed by atoms with Crippen LogP contribution in [0.3, 0.4) is 0 Å². The highest BCUT2D eigenvalue weighted by Crippen LogP contribution is 2.43. The van der Waals surface area contributed by atoms with Crippen molar-refractivity contribution in [1.29, 1.82) is 0 Å². The van der Waals surface area contributed by atoms with Crippen LogP contribution in [0.15, 0.2) is 36.4 Å². The summed E-state index contributed by atoms with van der Waals surface area (Å²) in [6.45, 7) is 12.1. The molecule has 8 nitrogen and oxygen atoms in total. The highest BCUT2D eigenvalue weighted by atomic mass is 16.6. The maximum absolute atomic E-state index is 11.6. The molecule has 0 aliphatic carbocycles. The number of carbonyl (C=O) groups excluding carboxylic acids is 2. The van der Waals surface area contributed by atoms with Crippen molar-refractivity contribution in [3.63, 3.8) is 0 Å². The lowest BCUT2D eigenvalue weighted by Gasteiger charge is -2.25. The molecule has 0 spiro atoms. The van der Waals surface area contributed by atoms with Gasteiger partial charge >= 0.3 is 0 Å². The van der Waals surface area contributed by atoms with E-state index in [2.05, 4.69) is 19.2 Å². The minimum absolute atomic E-state index is 0.0225. The number of rotatable bonds is 2. The van der Waals surface area contributed by atoms with Crippen LogP contribution in [-0.2, 0) is 20.4 Å². The second-order valence-corrected chi connectivity index (χ2v) is 9.66. The SMILES string of the molecule is CC(=O)C1Nc2cc([N+](=O)[O-])ccc2C1(C)C.CC(=O)N1CC(C)(C)c2ccc(N)cc21. The van der Waals surface area contributed by atoms with Gasteiger partial charge in [-0.1, -0.05) is 33.8 Å². The van der Waals surface area contributed by atoms with Crippen molar-refractivity contribution in [2.75, 3.05) is 22.5 Å². The summed E-state index contributed by atoms with van der Waals surface area (Å²) in [5.41, 5.74) is 9.97. The standard InChI is InChI=1S/C12H14N2O3.C12H16N2O/c1-7(15)11-12(2,3)9-5-4-8(14(16)17)6-10(9)13-11;1-8(15)14-7-12(2,3)10-5-4-9(13)6-11(10)14/h4-6,11,13H,1-3H3;4-6H,7,13H2,1-3H3. The number of nitro benzene ring substituents is 1. The number of benzene rings is 2. The Morgan fingerprint density at radius 1 is 1.09 bits per heavy atom. The molecule has 2 aromatic carbocycles. The Hall–Kier alpha value is -3.42. The molecule has 1 amide bonds. The number of carbonyl (C=O) groups is 2. The van der Waals surface area contributed by atoms with Crippen LogP contribution in [-0.4, -0.2) is 29.2 Å². The average molecular weight is 439 g/mol. The van der Waals surface area contributed by atoms with E-state index in [1.54, 1.807) is 17.9 Å². The van der Waals surface area contributed by atoms with Gasteiger partial charge in [0.25, 0.3) is 5.69 Å². The van der Waals surface area contributed by atoms with E-state index in [1.807, 2.05) is 32.0 Å². The number of non-ortho nitro benzene ring substituents is 1. The van der Waals surface area contributed by atoms with E-state index in [9.17, 15) is 19.7 Å². The number of anilines is 3. The van der Waals surface area contributed by atoms with Gasteiger partial charge in [0.1, 0.15) is 0 Å². The fourth-order valence-corrected chi connectivity index (χ4v) is 4.62. The Balaban J connectivity index is 0.000000182. The predicted molar refractivity (Wildman–Crippen MR) is 126 cm³/mol. The molecule has 2 aromatic rings. The van der Waals surface area contributed by atoms with Gasteiger partial charge in [0.05, 0.1) is 11.0 Å². The maximum Gasteiger partial charge on any atom is 0.271 e. The highest BCUT2D eigenvalue weighted by Gasteiger charge is 2.42. The molecule has 0 radical (unpaired) electrons. The summed E-state index contributed by atoms with van der Waals surface area (Å²) < 4.78 is 0. The van der Waals surface area contributed by atoms with Crippen LogP contribution in [0.25, 0.3) is 0 Å². The molecule has 3 N–H and O–H groups in total. The summed E-state index contributed by atoms with van der Waals surface area (Å²) in [7, 11) is 0. The molecule has 2 heterocycles. The van der Waals surface area contributed by atoms with Crippen LogP contribution in [0.5, 0.6) is 0 Å². The van der Waals surface area contributed by atoms with Crippen molar-refractivity contribution in [2.24, 2.45) is 0 Å². The predicted octanol–water partition coefficient (Wildman–Crippen LogP) is 4.17. The smallest absolute Gasteiger partial charge is 0.271 e. The van der Waals surface area contributed by atoms with E-state index in [1.165, 1.54) is 24.6 Å². The first-order valence-electron chi connectivity index (χ1n) is 10.5. The molecular weight excluding hydrogens is 408 g/mol. The van der Waals surface area contributed by atoms with Gasteiger partial charge < -0.3 is 16.0 Å². The van der Waals surface area contributed by atoms with Gasteiger partial charge in [-0.3, -0.25) is 19.7 Å². The zero-order valence-electron chi connectivity index (χ0n) is 19.4. The second kappa shape index (κ2) is 7.93. The first-order chi connectivity index (χ1) is 14.8. The van der Waals surface area contributed by atoms with Crippen LogP contribution in [0.4, 0.5) is 22.7 Å². The van der Waals surface area contributed by atoms with E-state index in [4.69, 9.17) is 5.73 Å². The number of hydrogen-bond donors (Lipinski definition) is 2. The fourth-order valence-electron chi connectivity index (χ4n) is 4.62. The Morgan fingerprint density at radius 2 is 1.72 bits per heavy atom. The lowest BCUT2D eigenvalue weighted by atomic mass is 9.79. The van der Waals surface area contributed by atoms with Gasteiger partial charge in [-0.25, -0.2) is 0 Å². The van der Waals surface area contributed by atoms with E-state index in [0.29, 0.717) is 11.4 Å². The first-order valence-corrected chi connectivity index (χ1v) is 10.5. The number of nitrogens with two attached hydrogens (primary N) is 1. The quantitative estimate of drug-likeness (QED) is 0.413. The van der Waals surface area contributed by atoms with Crippen molar-refractivity contribution in [3.05, 3.63) is 57.6 Å². The number of fused-ring (bicyclic) bond motifs is 2. The summed E-state index contributed by atoms with van der Waals surface area (Å²) in [6.07, 6.45) is 0. The van der Waals surface area contributed by atoms with Crippen LogP contribution < -0.4 is 16.0 Å². The van der Waals surface area contributed by atoms with Crippen molar-refractivity contribution in [2.45, 2.75) is 58.4 Å². The fraction of sp³-hybridized carbons (Fsp3) is 0.417. The molecule has 4 rings (SSSR count). The van der Waals surface area contributed by atoms with Crippen molar-refractivity contribution in [3.8, 4) is 0 Å². The van der Waals surface area contributed by atoms with Crippen LogP contribution >= 0.6 is 0 Å². The number of hydrogen-bond acceptors (Lipinski definition) is 6. The first kappa shape index (κ1) is 23.2. The third-order valence-corrected chi connectivity index (χ3v) is 6.31. The molecule has 170 valence electrons. The third-order valence-electron chi connectivity index (χ3n) is 6.31. The van der Waals surface area contributed by atoms with Crippen molar-refractivity contribution < 1.29 is 14.5 Å². The molecule has 0 aromatic heterocycles. The van der Waals surface area contributed by atoms with Gasteiger partial charge in [0.2, 0.25) is 5.91 Å². The summed E-state index contributed by atoms with van der Waals surface area (Å²) in [5.74, 6) is 0.112. The van der Waals surface area contributed by atoms with E-state index < -0.39 is 4.92 Å². The normalized spacial score (nSPS) is 19.2. The number of amides is 1. The van der Waals surface area contributed by atoms with E-state index >= 15 is 0 Å². The van der Waals surface area contributed by atoms with E-state index in [-0.39, 0.29) is 34.2 Å². The molecule has 2 aliphatic heterocycles. The highest BCUT2D eigenvalue weighted by molar-refractivity contribution is 5.95. The average Bonchev–Trinajstić information content (AvgIpc) is 3.11. The number of nitrogen functional groups attached to an aromatic ring is 1. The van der Waals surface area contributed by atoms with E-state index in [0.717, 1.165) is 17.8 Å². The molecule has 0 fully saturated rings. The molecule has 2 aliphatic rings. The van der Waals surface area contributed by atoms with Crippen molar-refractivity contribution in [1.82, 2.24) is 0 Å². The Kier molecular flexibility index (Phi) is 5.76. The van der Waals surface area contributed by atoms with Crippen LogP contribution in [0.1, 0.15) is 52.7 Å². The number of ketones is 1. The summed E-state index contributed by atoms with van der Waals surface area (Å²) in [6, 6.07) is 10.2. The lowest BCUT2D eigenvalue weighted by molar-refractivity contribution is -0.384. The lowest BCUT2D eigenvalue weighted by Crippen LogP contribution is -2.38. The third kappa shape index (κ3) is 4.04. The topological polar surface area (TPSA) is 119 Å². The van der Waals surface area contributed by atoms with Gasteiger partial charge in [0, 0.05) is 53.5 Å². The molecule has 0 saturated heterocycles. The van der Waals surface area contributed by atoms with Gasteiger partial charge in [-0.05, 0) is 36.2 Å². The van der Waals surface area contributed by atoms with Gasteiger partial charge in [-0.15, -0.1) is 0 Å².